The Balaban J connectivity index is 1.98. The lowest BCUT2D eigenvalue weighted by molar-refractivity contribution is -0.116. The van der Waals surface area contributed by atoms with Crippen molar-refractivity contribution in [2.45, 2.75) is 6.54 Å². The molecule has 1 amide bonds. The summed E-state index contributed by atoms with van der Waals surface area (Å²) in [5, 5.41) is 3.08. The highest BCUT2D eigenvalue weighted by Crippen LogP contribution is 2.14. The summed E-state index contributed by atoms with van der Waals surface area (Å²) in [5.74, 6) is -0.502. The number of amides is 1. The highest BCUT2D eigenvalue weighted by molar-refractivity contribution is 6.30. The van der Waals surface area contributed by atoms with Crippen molar-refractivity contribution in [1.82, 2.24) is 18.7 Å². The Morgan fingerprint density at radius 3 is 2.75 bits per heavy atom. The van der Waals surface area contributed by atoms with E-state index < -0.39 is 23.7 Å². The lowest BCUT2D eigenvalue weighted by atomic mass is 10.3. The number of anilines is 1. The van der Waals surface area contributed by atoms with Crippen LogP contribution in [0.2, 0.25) is 5.02 Å². The molecule has 3 aromatic rings. The maximum Gasteiger partial charge on any atom is 0.332 e. The normalized spacial score (nSPS) is 11.0. The topological polar surface area (TPSA) is 90.9 Å². The van der Waals surface area contributed by atoms with Gasteiger partial charge >= 0.3 is 5.69 Å². The van der Waals surface area contributed by atoms with Crippen LogP contribution in [0.5, 0.6) is 0 Å². The number of benzene rings is 1. The molecule has 0 spiro atoms. The largest absolute Gasteiger partial charge is 0.332 e. The monoisotopic (exact) mass is 347 g/mol. The smallest absolute Gasteiger partial charge is 0.328 e. The van der Waals surface area contributed by atoms with Crippen LogP contribution in [0.1, 0.15) is 0 Å². The summed E-state index contributed by atoms with van der Waals surface area (Å²) in [6.45, 7) is -0.404. The minimum absolute atomic E-state index is 0.257. The molecule has 0 fully saturated rings. The van der Waals surface area contributed by atoms with E-state index in [1.54, 1.807) is 31.3 Å². The first kappa shape index (κ1) is 16.0. The van der Waals surface area contributed by atoms with E-state index in [1.807, 2.05) is 0 Å². The van der Waals surface area contributed by atoms with E-state index in [4.69, 9.17) is 11.6 Å². The summed E-state index contributed by atoms with van der Waals surface area (Å²) in [6.07, 6.45) is 1.45. The van der Waals surface area contributed by atoms with Crippen LogP contribution in [0, 0.1) is 0 Å². The molecule has 0 bridgehead atoms. The average Bonchev–Trinajstić information content (AvgIpc) is 2.91. The number of carbonyl (C=O) groups is 1. The van der Waals surface area contributed by atoms with Crippen LogP contribution in [-0.2, 0) is 25.4 Å². The van der Waals surface area contributed by atoms with Crippen molar-refractivity contribution in [3.05, 3.63) is 56.5 Å². The molecule has 0 saturated heterocycles. The standard InChI is InChI=1S/C15H14ClN5O3/c1-19-8-17-13-12(19)14(23)21(15(24)20(13)2)7-11(22)18-10-5-3-4-9(16)6-10/h3-6,8H,7H2,1-2H3,(H,18,22). The van der Waals surface area contributed by atoms with Crippen molar-refractivity contribution >= 4 is 34.4 Å². The van der Waals surface area contributed by atoms with Gasteiger partial charge in [0.05, 0.1) is 6.33 Å². The molecule has 9 heteroatoms. The van der Waals surface area contributed by atoms with Gasteiger partial charge in [-0.25, -0.2) is 14.3 Å². The fourth-order valence-corrected chi connectivity index (χ4v) is 2.64. The summed E-state index contributed by atoms with van der Waals surface area (Å²) in [5.41, 5.74) is -0.146. The van der Waals surface area contributed by atoms with Crippen LogP contribution in [0.15, 0.2) is 40.2 Å². The van der Waals surface area contributed by atoms with Gasteiger partial charge in [-0.2, -0.15) is 0 Å². The molecule has 0 unspecified atom stereocenters. The van der Waals surface area contributed by atoms with Gasteiger partial charge in [-0.3, -0.25) is 14.2 Å². The molecule has 0 aliphatic rings. The molecular formula is C15H14ClN5O3. The lowest BCUT2D eigenvalue weighted by Crippen LogP contribution is -2.42. The Kier molecular flexibility index (Phi) is 3.98. The number of imidazole rings is 1. The maximum atomic E-state index is 12.5. The molecule has 1 N–H and O–H groups in total. The molecule has 24 heavy (non-hydrogen) atoms. The molecule has 2 heterocycles. The van der Waals surface area contributed by atoms with E-state index in [0.29, 0.717) is 10.7 Å². The van der Waals surface area contributed by atoms with Gasteiger partial charge in [0, 0.05) is 24.8 Å². The Morgan fingerprint density at radius 1 is 1.29 bits per heavy atom. The zero-order chi connectivity index (χ0) is 17.4. The zero-order valence-electron chi connectivity index (χ0n) is 13.0. The highest BCUT2D eigenvalue weighted by Gasteiger charge is 2.17. The minimum Gasteiger partial charge on any atom is -0.328 e. The van der Waals surface area contributed by atoms with E-state index in [2.05, 4.69) is 10.3 Å². The van der Waals surface area contributed by atoms with Gasteiger partial charge in [0.2, 0.25) is 5.91 Å². The first-order valence-corrected chi connectivity index (χ1v) is 7.42. The Morgan fingerprint density at radius 2 is 2.04 bits per heavy atom. The second-order valence-corrected chi connectivity index (χ2v) is 5.76. The van der Waals surface area contributed by atoms with Gasteiger partial charge < -0.3 is 9.88 Å². The van der Waals surface area contributed by atoms with Crippen molar-refractivity contribution in [2.24, 2.45) is 14.1 Å². The Labute approximate surface area is 140 Å². The molecule has 0 radical (unpaired) electrons. The van der Waals surface area contributed by atoms with Crippen molar-refractivity contribution in [1.29, 1.82) is 0 Å². The molecular weight excluding hydrogens is 334 g/mol. The van der Waals surface area contributed by atoms with Crippen LogP contribution in [0.3, 0.4) is 0 Å². The van der Waals surface area contributed by atoms with Crippen LogP contribution in [0.4, 0.5) is 5.69 Å². The number of hydrogen-bond acceptors (Lipinski definition) is 4. The third kappa shape index (κ3) is 2.71. The van der Waals surface area contributed by atoms with Crippen LogP contribution < -0.4 is 16.6 Å². The Hall–Kier alpha value is -2.87. The zero-order valence-corrected chi connectivity index (χ0v) is 13.7. The third-order valence-corrected chi connectivity index (χ3v) is 3.85. The van der Waals surface area contributed by atoms with Gasteiger partial charge in [-0.05, 0) is 18.2 Å². The highest BCUT2D eigenvalue weighted by atomic mass is 35.5. The molecule has 124 valence electrons. The Bertz CT molecular complexity index is 1060. The molecule has 2 aromatic heterocycles. The van der Waals surface area contributed by atoms with Gasteiger partial charge in [0.15, 0.2) is 11.2 Å². The summed E-state index contributed by atoms with van der Waals surface area (Å²) in [7, 11) is 3.15. The maximum absolute atomic E-state index is 12.5. The average molecular weight is 348 g/mol. The number of hydrogen-bond donors (Lipinski definition) is 1. The van der Waals surface area contributed by atoms with Gasteiger partial charge in [0.25, 0.3) is 5.56 Å². The number of nitrogens with zero attached hydrogens (tertiary/aromatic N) is 4. The minimum atomic E-state index is -0.604. The van der Waals surface area contributed by atoms with Crippen molar-refractivity contribution in [3.63, 3.8) is 0 Å². The van der Waals surface area contributed by atoms with Crippen molar-refractivity contribution in [2.75, 3.05) is 5.32 Å². The van der Waals surface area contributed by atoms with Gasteiger partial charge in [0.1, 0.15) is 6.54 Å². The number of rotatable bonds is 3. The number of halogens is 1. The number of aryl methyl sites for hydroxylation is 2. The van der Waals surface area contributed by atoms with E-state index in [0.717, 1.165) is 4.57 Å². The van der Waals surface area contributed by atoms with Crippen molar-refractivity contribution < 1.29 is 4.79 Å². The first-order valence-electron chi connectivity index (χ1n) is 7.04. The van der Waals surface area contributed by atoms with E-state index >= 15 is 0 Å². The number of fused-ring (bicyclic) bond motifs is 1. The second kappa shape index (κ2) is 5.97. The fraction of sp³-hybridized carbons (Fsp3) is 0.200. The van der Waals surface area contributed by atoms with Crippen LogP contribution in [0.25, 0.3) is 11.2 Å². The molecule has 0 aliphatic heterocycles. The third-order valence-electron chi connectivity index (χ3n) is 3.61. The molecule has 3 rings (SSSR count). The second-order valence-electron chi connectivity index (χ2n) is 5.32. The van der Waals surface area contributed by atoms with E-state index in [1.165, 1.54) is 22.5 Å². The molecule has 0 saturated carbocycles. The number of nitrogens with one attached hydrogen (secondary N) is 1. The fourth-order valence-electron chi connectivity index (χ4n) is 2.45. The molecule has 8 nitrogen and oxygen atoms in total. The van der Waals surface area contributed by atoms with Crippen molar-refractivity contribution in [3.8, 4) is 0 Å². The predicted molar refractivity (Wildman–Crippen MR) is 90.3 cm³/mol. The number of carbonyl (C=O) groups excluding carboxylic acids is 1. The summed E-state index contributed by atoms with van der Waals surface area (Å²) >= 11 is 5.86. The van der Waals surface area contributed by atoms with Gasteiger partial charge in [-0.15, -0.1) is 0 Å². The quantitative estimate of drug-likeness (QED) is 0.756. The van der Waals surface area contributed by atoms with E-state index in [9.17, 15) is 14.4 Å². The summed E-state index contributed by atoms with van der Waals surface area (Å²) < 4.78 is 3.63. The molecule has 1 aromatic carbocycles. The molecule has 0 atom stereocenters. The predicted octanol–water partition coefficient (Wildman–Crippen LogP) is 0.726. The lowest BCUT2D eigenvalue weighted by Gasteiger charge is -2.09. The van der Waals surface area contributed by atoms with E-state index in [-0.39, 0.29) is 11.2 Å². The summed E-state index contributed by atoms with van der Waals surface area (Å²) in [4.78, 5) is 41.1. The summed E-state index contributed by atoms with van der Waals surface area (Å²) in [6, 6.07) is 6.60. The van der Waals surface area contributed by atoms with Gasteiger partial charge in [-0.1, -0.05) is 17.7 Å². The first-order chi connectivity index (χ1) is 11.4. The van der Waals surface area contributed by atoms with Crippen LogP contribution >= 0.6 is 11.6 Å². The SMILES string of the molecule is Cn1cnc2c1c(=O)n(CC(=O)Nc1cccc(Cl)c1)c(=O)n2C. The number of aromatic nitrogens is 4. The van der Waals surface area contributed by atoms with Crippen LogP contribution in [-0.4, -0.2) is 24.6 Å². The molecule has 0 aliphatic carbocycles.